The first-order valence-electron chi connectivity index (χ1n) is 11.1. The van der Waals surface area contributed by atoms with Gasteiger partial charge in [-0.3, -0.25) is 9.59 Å². The third-order valence-corrected chi connectivity index (χ3v) is 6.02. The van der Waals surface area contributed by atoms with Crippen LogP contribution in [0.5, 0.6) is 0 Å². The topological polar surface area (TPSA) is 67.2 Å². The average Bonchev–Trinajstić information content (AvgIpc) is 2.89. The van der Waals surface area contributed by atoms with Crippen molar-refractivity contribution in [3.63, 3.8) is 0 Å². The Labute approximate surface area is 173 Å². The molecule has 6 heteroatoms. The fraction of sp³-hybridized carbons (Fsp3) is 0.609. The summed E-state index contributed by atoms with van der Waals surface area (Å²) in [6, 6.07) is 7.97. The summed E-state index contributed by atoms with van der Waals surface area (Å²) in [4.78, 5) is 31.9. The number of para-hydroxylation sites is 2. The molecule has 1 aromatic heterocycles. The van der Waals surface area contributed by atoms with Crippen LogP contribution in [0.3, 0.4) is 0 Å². The van der Waals surface area contributed by atoms with Crippen molar-refractivity contribution < 1.29 is 9.59 Å². The smallest absolute Gasteiger partial charge is 0.224 e. The van der Waals surface area contributed by atoms with Crippen molar-refractivity contribution in [2.45, 2.75) is 71.9 Å². The highest BCUT2D eigenvalue weighted by Crippen LogP contribution is 2.18. The quantitative estimate of drug-likeness (QED) is 0.734. The molecule has 1 aromatic carbocycles. The van der Waals surface area contributed by atoms with Gasteiger partial charge >= 0.3 is 0 Å². The number of imidazole rings is 1. The molecule has 0 unspecified atom stereocenters. The van der Waals surface area contributed by atoms with E-state index < -0.39 is 0 Å². The molecule has 2 aromatic rings. The van der Waals surface area contributed by atoms with Crippen molar-refractivity contribution in [1.82, 2.24) is 19.8 Å². The molecule has 6 nitrogen and oxygen atoms in total. The normalized spacial score (nSPS) is 14.9. The summed E-state index contributed by atoms with van der Waals surface area (Å²) in [5, 5.41) is 3.04. The third-order valence-electron chi connectivity index (χ3n) is 6.02. The van der Waals surface area contributed by atoms with Gasteiger partial charge in [-0.05, 0) is 37.8 Å². The molecule has 0 atom stereocenters. The van der Waals surface area contributed by atoms with Crippen LogP contribution in [0, 0.1) is 5.92 Å². The highest BCUT2D eigenvalue weighted by atomic mass is 16.2. The maximum atomic E-state index is 12.7. The van der Waals surface area contributed by atoms with E-state index in [9.17, 15) is 9.59 Å². The van der Waals surface area contributed by atoms with E-state index in [0.717, 1.165) is 55.6 Å². The SMILES string of the molecule is CCC(CC)C(=O)NCc1nc2ccccc2n1CCC(=O)N1CCCCCC1. The molecule has 3 rings (SSSR count). The lowest BCUT2D eigenvalue weighted by atomic mass is 10.0. The van der Waals surface area contributed by atoms with Gasteiger partial charge in [-0.15, -0.1) is 0 Å². The standard InChI is InChI=1S/C23H34N4O2/c1-3-18(4-2)23(29)24-17-21-25-19-11-7-8-12-20(19)27(21)16-13-22(28)26-14-9-5-6-10-15-26/h7-8,11-12,18H,3-6,9-10,13-17H2,1-2H3,(H,24,29). The van der Waals surface area contributed by atoms with E-state index in [1.54, 1.807) is 0 Å². The fourth-order valence-electron chi connectivity index (χ4n) is 4.17. The van der Waals surface area contributed by atoms with Gasteiger partial charge in [0.15, 0.2) is 0 Å². The van der Waals surface area contributed by atoms with Crippen LogP contribution in [0.2, 0.25) is 0 Å². The van der Waals surface area contributed by atoms with Gasteiger partial charge in [-0.2, -0.15) is 0 Å². The van der Waals surface area contributed by atoms with Crippen molar-refractivity contribution in [2.75, 3.05) is 13.1 Å². The maximum absolute atomic E-state index is 12.7. The number of carbonyl (C=O) groups excluding carboxylic acids is 2. The Balaban J connectivity index is 1.71. The molecule has 0 bridgehead atoms. The van der Waals surface area contributed by atoms with Crippen molar-refractivity contribution >= 4 is 22.8 Å². The predicted octanol–water partition coefficient (Wildman–Crippen LogP) is 3.88. The molecule has 0 aliphatic carbocycles. The maximum Gasteiger partial charge on any atom is 0.224 e. The lowest BCUT2D eigenvalue weighted by molar-refractivity contribution is -0.131. The van der Waals surface area contributed by atoms with Crippen LogP contribution in [0.15, 0.2) is 24.3 Å². The molecule has 2 heterocycles. The lowest BCUT2D eigenvalue weighted by Gasteiger charge is -2.21. The second-order valence-corrected chi connectivity index (χ2v) is 7.94. The lowest BCUT2D eigenvalue weighted by Crippen LogP contribution is -2.33. The zero-order valence-electron chi connectivity index (χ0n) is 17.8. The predicted molar refractivity (Wildman–Crippen MR) is 115 cm³/mol. The van der Waals surface area contributed by atoms with Gasteiger partial charge in [0.25, 0.3) is 0 Å². The van der Waals surface area contributed by atoms with Crippen molar-refractivity contribution in [3.05, 3.63) is 30.1 Å². The summed E-state index contributed by atoms with van der Waals surface area (Å²) in [5.41, 5.74) is 1.92. The summed E-state index contributed by atoms with van der Waals surface area (Å²) >= 11 is 0. The minimum Gasteiger partial charge on any atom is -0.349 e. The molecule has 29 heavy (non-hydrogen) atoms. The number of aromatic nitrogens is 2. The molecule has 1 aliphatic heterocycles. The Morgan fingerprint density at radius 1 is 1.07 bits per heavy atom. The Bertz CT molecular complexity index is 817. The van der Waals surface area contributed by atoms with Crippen LogP contribution in [0.4, 0.5) is 0 Å². The summed E-state index contributed by atoms with van der Waals surface area (Å²) in [7, 11) is 0. The van der Waals surface area contributed by atoms with E-state index in [2.05, 4.69) is 9.88 Å². The molecule has 0 spiro atoms. The Morgan fingerprint density at radius 2 is 1.76 bits per heavy atom. The largest absolute Gasteiger partial charge is 0.349 e. The number of carbonyl (C=O) groups is 2. The molecule has 2 amide bonds. The number of benzene rings is 1. The number of nitrogens with zero attached hydrogens (tertiary/aromatic N) is 3. The van der Waals surface area contributed by atoms with Gasteiger partial charge in [0.05, 0.1) is 17.6 Å². The monoisotopic (exact) mass is 398 g/mol. The molecule has 158 valence electrons. The molecular formula is C23H34N4O2. The van der Waals surface area contributed by atoms with E-state index in [0.29, 0.717) is 19.5 Å². The summed E-state index contributed by atoms with van der Waals surface area (Å²) < 4.78 is 2.10. The highest BCUT2D eigenvalue weighted by Gasteiger charge is 2.19. The van der Waals surface area contributed by atoms with Crippen molar-refractivity contribution in [3.8, 4) is 0 Å². The number of rotatable bonds is 8. The minimum atomic E-state index is 0.0393. The fourth-order valence-corrected chi connectivity index (χ4v) is 4.17. The number of hydrogen-bond acceptors (Lipinski definition) is 3. The Hall–Kier alpha value is -2.37. The van der Waals surface area contributed by atoms with E-state index in [-0.39, 0.29) is 17.7 Å². The van der Waals surface area contributed by atoms with Crippen LogP contribution in [0.1, 0.15) is 64.6 Å². The summed E-state index contributed by atoms with van der Waals surface area (Å²) in [6.45, 7) is 6.81. The number of likely N-dealkylation sites (tertiary alicyclic amines) is 1. The average molecular weight is 399 g/mol. The minimum absolute atomic E-state index is 0.0393. The van der Waals surface area contributed by atoms with Gasteiger partial charge < -0.3 is 14.8 Å². The third kappa shape index (κ3) is 5.37. The number of fused-ring (bicyclic) bond motifs is 1. The first-order chi connectivity index (χ1) is 14.1. The van der Waals surface area contributed by atoms with Gasteiger partial charge in [0, 0.05) is 32.0 Å². The van der Waals surface area contributed by atoms with Crippen molar-refractivity contribution in [1.29, 1.82) is 0 Å². The molecule has 1 aliphatic rings. The van der Waals surface area contributed by atoms with Crippen LogP contribution in [-0.2, 0) is 22.7 Å². The van der Waals surface area contributed by atoms with E-state index in [4.69, 9.17) is 4.98 Å². The van der Waals surface area contributed by atoms with Gasteiger partial charge in [-0.1, -0.05) is 38.8 Å². The summed E-state index contributed by atoms with van der Waals surface area (Å²) in [5.74, 6) is 1.15. The summed E-state index contributed by atoms with van der Waals surface area (Å²) in [6.07, 6.45) is 6.78. The highest BCUT2D eigenvalue weighted by molar-refractivity contribution is 5.79. The number of amides is 2. The zero-order chi connectivity index (χ0) is 20.6. The van der Waals surface area contributed by atoms with Crippen LogP contribution in [0.25, 0.3) is 11.0 Å². The molecular weight excluding hydrogens is 364 g/mol. The van der Waals surface area contributed by atoms with Crippen molar-refractivity contribution in [2.24, 2.45) is 5.92 Å². The van der Waals surface area contributed by atoms with Gasteiger partial charge in [-0.25, -0.2) is 4.98 Å². The van der Waals surface area contributed by atoms with E-state index >= 15 is 0 Å². The van der Waals surface area contributed by atoms with Gasteiger partial charge in [0.2, 0.25) is 11.8 Å². The molecule has 1 saturated heterocycles. The van der Waals surface area contributed by atoms with Crippen LogP contribution < -0.4 is 5.32 Å². The van der Waals surface area contributed by atoms with Crippen LogP contribution >= 0.6 is 0 Å². The van der Waals surface area contributed by atoms with Gasteiger partial charge in [0.1, 0.15) is 5.82 Å². The first-order valence-corrected chi connectivity index (χ1v) is 11.1. The first kappa shape index (κ1) is 21.3. The van der Waals surface area contributed by atoms with E-state index in [1.807, 2.05) is 43.0 Å². The molecule has 1 N–H and O–H groups in total. The zero-order valence-corrected chi connectivity index (χ0v) is 17.8. The Morgan fingerprint density at radius 3 is 2.45 bits per heavy atom. The molecule has 1 fully saturated rings. The Kier molecular flexibility index (Phi) is 7.67. The van der Waals surface area contributed by atoms with Crippen LogP contribution in [-0.4, -0.2) is 39.4 Å². The second-order valence-electron chi connectivity index (χ2n) is 7.94. The molecule has 0 radical (unpaired) electrons. The number of aryl methyl sites for hydroxylation is 1. The molecule has 0 saturated carbocycles. The van der Waals surface area contributed by atoms with E-state index in [1.165, 1.54) is 12.8 Å². The number of hydrogen-bond donors (Lipinski definition) is 1. The second kappa shape index (κ2) is 10.4. The number of nitrogens with one attached hydrogen (secondary N) is 1.